The molecule has 1 unspecified atom stereocenters. The van der Waals surface area contributed by atoms with Gasteiger partial charge in [-0.05, 0) is 30.2 Å². The maximum atomic E-state index is 11.6. The van der Waals surface area contributed by atoms with E-state index < -0.39 is 27.8 Å². The van der Waals surface area contributed by atoms with Crippen LogP contribution in [-0.4, -0.2) is 43.5 Å². The number of halogens is 1. The molecule has 0 saturated heterocycles. The highest BCUT2D eigenvalue weighted by molar-refractivity contribution is 7.90. The summed E-state index contributed by atoms with van der Waals surface area (Å²) in [6.45, 7) is 0. The zero-order valence-electron chi connectivity index (χ0n) is 9.92. The number of amides is 1. The summed E-state index contributed by atoms with van der Waals surface area (Å²) < 4.78 is 26.8. The molecule has 1 atom stereocenters. The van der Waals surface area contributed by atoms with Gasteiger partial charge in [0.15, 0.2) is 11.0 Å². The first kappa shape index (κ1) is 15.5. The SMILES string of the molecule is CS(=O)(=O)CCC(NC(=O)c1ccc(Cl)o1)C(=O)O. The van der Waals surface area contributed by atoms with Crippen LogP contribution in [0.4, 0.5) is 0 Å². The predicted octanol–water partition coefficient (Wildman–Crippen LogP) is 0.551. The average molecular weight is 310 g/mol. The van der Waals surface area contributed by atoms with Crippen molar-refractivity contribution in [1.29, 1.82) is 0 Å². The number of hydrogen-bond donors (Lipinski definition) is 2. The van der Waals surface area contributed by atoms with Gasteiger partial charge in [-0.3, -0.25) is 4.79 Å². The molecular weight excluding hydrogens is 298 g/mol. The number of carbonyl (C=O) groups is 2. The van der Waals surface area contributed by atoms with E-state index in [1.807, 2.05) is 0 Å². The van der Waals surface area contributed by atoms with E-state index in [-0.39, 0.29) is 23.2 Å². The van der Waals surface area contributed by atoms with Crippen LogP contribution in [0.1, 0.15) is 17.0 Å². The fourth-order valence-electron chi connectivity index (χ4n) is 1.26. The standard InChI is InChI=1S/C10H12ClNO6S/c1-19(16,17)5-4-6(10(14)15)12-9(13)7-2-3-8(11)18-7/h2-3,6H,4-5H2,1H3,(H,12,13)(H,14,15). The van der Waals surface area contributed by atoms with Crippen LogP contribution >= 0.6 is 11.6 Å². The Kier molecular flexibility index (Phi) is 4.96. The van der Waals surface area contributed by atoms with E-state index in [1.165, 1.54) is 12.1 Å². The van der Waals surface area contributed by atoms with E-state index >= 15 is 0 Å². The second-order valence-electron chi connectivity index (χ2n) is 3.89. The molecule has 1 heterocycles. The van der Waals surface area contributed by atoms with Crippen molar-refractivity contribution in [3.63, 3.8) is 0 Å². The molecule has 1 aromatic rings. The molecule has 1 aromatic heterocycles. The van der Waals surface area contributed by atoms with Gasteiger partial charge < -0.3 is 14.8 Å². The summed E-state index contributed by atoms with van der Waals surface area (Å²) in [5, 5.41) is 11.1. The van der Waals surface area contributed by atoms with Crippen LogP contribution in [0.5, 0.6) is 0 Å². The fraction of sp³-hybridized carbons (Fsp3) is 0.400. The fourth-order valence-corrected chi connectivity index (χ4v) is 2.06. The molecular formula is C10H12ClNO6S. The van der Waals surface area contributed by atoms with Crippen molar-refractivity contribution in [3.8, 4) is 0 Å². The second kappa shape index (κ2) is 6.07. The third-order valence-corrected chi connectivity index (χ3v) is 3.36. The van der Waals surface area contributed by atoms with Crippen LogP contribution in [0, 0.1) is 0 Å². The Balaban J connectivity index is 2.68. The van der Waals surface area contributed by atoms with Crippen LogP contribution < -0.4 is 5.32 Å². The number of nitrogens with one attached hydrogen (secondary N) is 1. The van der Waals surface area contributed by atoms with Crippen LogP contribution in [0.3, 0.4) is 0 Å². The quantitative estimate of drug-likeness (QED) is 0.793. The molecule has 0 aliphatic carbocycles. The van der Waals surface area contributed by atoms with Gasteiger partial charge in [0.1, 0.15) is 15.9 Å². The van der Waals surface area contributed by atoms with Crippen LogP contribution in [0.25, 0.3) is 0 Å². The summed E-state index contributed by atoms with van der Waals surface area (Å²) in [5.74, 6) is -2.58. The highest BCUT2D eigenvalue weighted by atomic mass is 35.5. The predicted molar refractivity (Wildman–Crippen MR) is 66.9 cm³/mol. The Morgan fingerprint density at radius 2 is 2.11 bits per heavy atom. The molecule has 1 rings (SSSR count). The Labute approximate surface area is 114 Å². The van der Waals surface area contributed by atoms with Gasteiger partial charge in [-0.2, -0.15) is 0 Å². The number of furan rings is 1. The summed E-state index contributed by atoms with van der Waals surface area (Å²) in [4.78, 5) is 22.5. The number of rotatable bonds is 6. The Hall–Kier alpha value is -1.54. The molecule has 2 N–H and O–H groups in total. The van der Waals surface area contributed by atoms with Gasteiger partial charge in [0.2, 0.25) is 0 Å². The van der Waals surface area contributed by atoms with Gasteiger partial charge in [0.05, 0.1) is 5.75 Å². The lowest BCUT2D eigenvalue weighted by Gasteiger charge is -2.12. The summed E-state index contributed by atoms with van der Waals surface area (Å²) >= 11 is 5.48. The molecule has 0 saturated carbocycles. The van der Waals surface area contributed by atoms with Crippen molar-refractivity contribution in [2.24, 2.45) is 0 Å². The first-order valence-electron chi connectivity index (χ1n) is 5.16. The minimum atomic E-state index is -3.31. The summed E-state index contributed by atoms with van der Waals surface area (Å²) in [6, 6.07) is 1.31. The van der Waals surface area contributed by atoms with E-state index in [1.54, 1.807) is 0 Å². The number of aliphatic carboxylic acids is 1. The highest BCUT2D eigenvalue weighted by Crippen LogP contribution is 2.13. The molecule has 0 radical (unpaired) electrons. The van der Waals surface area contributed by atoms with E-state index in [0.717, 1.165) is 6.26 Å². The van der Waals surface area contributed by atoms with Gasteiger partial charge in [-0.25, -0.2) is 13.2 Å². The molecule has 0 aromatic carbocycles. The molecule has 0 spiro atoms. The largest absolute Gasteiger partial charge is 0.480 e. The normalized spacial score (nSPS) is 12.9. The van der Waals surface area contributed by atoms with Gasteiger partial charge >= 0.3 is 5.97 Å². The second-order valence-corrected chi connectivity index (χ2v) is 6.52. The molecule has 7 nitrogen and oxygen atoms in total. The van der Waals surface area contributed by atoms with E-state index in [2.05, 4.69) is 5.32 Å². The molecule has 106 valence electrons. The van der Waals surface area contributed by atoms with E-state index in [4.69, 9.17) is 21.1 Å². The molecule has 19 heavy (non-hydrogen) atoms. The third-order valence-electron chi connectivity index (χ3n) is 2.18. The number of carboxylic acids is 1. The summed E-state index contributed by atoms with van der Waals surface area (Å²) in [7, 11) is -3.31. The Morgan fingerprint density at radius 3 is 2.53 bits per heavy atom. The summed E-state index contributed by atoms with van der Waals surface area (Å²) in [6.07, 6.45) is 0.758. The van der Waals surface area contributed by atoms with Crippen molar-refractivity contribution in [1.82, 2.24) is 5.32 Å². The van der Waals surface area contributed by atoms with Crippen LogP contribution in [0.2, 0.25) is 5.22 Å². The zero-order valence-corrected chi connectivity index (χ0v) is 11.5. The highest BCUT2D eigenvalue weighted by Gasteiger charge is 2.23. The average Bonchev–Trinajstić information content (AvgIpc) is 2.69. The van der Waals surface area contributed by atoms with Gasteiger partial charge in [0, 0.05) is 6.26 Å². The first-order valence-corrected chi connectivity index (χ1v) is 7.59. The molecule has 0 fully saturated rings. The Morgan fingerprint density at radius 1 is 1.47 bits per heavy atom. The zero-order chi connectivity index (χ0) is 14.6. The van der Waals surface area contributed by atoms with Crippen molar-refractivity contribution >= 4 is 33.3 Å². The molecule has 0 aliphatic rings. The van der Waals surface area contributed by atoms with Gasteiger partial charge in [-0.1, -0.05) is 0 Å². The molecule has 9 heteroatoms. The Bertz CT molecular complexity index is 579. The minimum absolute atomic E-state index is 0.00633. The van der Waals surface area contributed by atoms with Crippen LogP contribution in [-0.2, 0) is 14.6 Å². The lowest BCUT2D eigenvalue weighted by Crippen LogP contribution is -2.41. The van der Waals surface area contributed by atoms with Gasteiger partial charge in [-0.15, -0.1) is 0 Å². The minimum Gasteiger partial charge on any atom is -0.480 e. The van der Waals surface area contributed by atoms with E-state index in [0.29, 0.717) is 0 Å². The first-order chi connectivity index (χ1) is 8.69. The van der Waals surface area contributed by atoms with E-state index in [9.17, 15) is 18.0 Å². The molecule has 1 amide bonds. The summed E-state index contributed by atoms with van der Waals surface area (Å²) in [5.41, 5.74) is 0. The topological polar surface area (TPSA) is 114 Å². The lowest BCUT2D eigenvalue weighted by molar-refractivity contribution is -0.139. The number of carbonyl (C=O) groups excluding carboxylic acids is 1. The van der Waals surface area contributed by atoms with Gasteiger partial charge in [0.25, 0.3) is 5.91 Å². The van der Waals surface area contributed by atoms with Crippen molar-refractivity contribution in [2.75, 3.05) is 12.0 Å². The van der Waals surface area contributed by atoms with Crippen LogP contribution in [0.15, 0.2) is 16.5 Å². The number of hydrogen-bond acceptors (Lipinski definition) is 5. The lowest BCUT2D eigenvalue weighted by atomic mass is 10.2. The number of sulfone groups is 1. The van der Waals surface area contributed by atoms with Crippen molar-refractivity contribution in [2.45, 2.75) is 12.5 Å². The number of carboxylic acid groups (broad SMARTS) is 1. The molecule has 0 aliphatic heterocycles. The molecule has 0 bridgehead atoms. The van der Waals surface area contributed by atoms with Crippen molar-refractivity contribution < 1.29 is 27.5 Å². The monoisotopic (exact) mass is 309 g/mol. The third kappa shape index (κ3) is 5.31. The maximum absolute atomic E-state index is 11.6. The van der Waals surface area contributed by atoms with Crippen molar-refractivity contribution in [3.05, 3.63) is 23.1 Å². The maximum Gasteiger partial charge on any atom is 0.326 e. The smallest absolute Gasteiger partial charge is 0.326 e.